The van der Waals surface area contributed by atoms with Crippen LogP contribution in [0.1, 0.15) is 28.4 Å². The van der Waals surface area contributed by atoms with Gasteiger partial charge in [-0.25, -0.2) is 4.98 Å². The van der Waals surface area contributed by atoms with Gasteiger partial charge in [0.1, 0.15) is 10.8 Å². The first-order valence-corrected chi connectivity index (χ1v) is 8.45. The van der Waals surface area contributed by atoms with Gasteiger partial charge < -0.3 is 4.90 Å². The van der Waals surface area contributed by atoms with Gasteiger partial charge in [0.05, 0.1) is 5.69 Å². The summed E-state index contributed by atoms with van der Waals surface area (Å²) < 4.78 is 0. The van der Waals surface area contributed by atoms with Crippen molar-refractivity contribution in [3.8, 4) is 11.3 Å². The number of amides is 1. The molecule has 0 aliphatic carbocycles. The molecule has 1 atom stereocenters. The van der Waals surface area contributed by atoms with Crippen LogP contribution in [0.2, 0.25) is 5.15 Å². The number of pyridine rings is 2. The van der Waals surface area contributed by atoms with E-state index in [-0.39, 0.29) is 11.8 Å². The summed E-state index contributed by atoms with van der Waals surface area (Å²) in [6.45, 7) is 1.39. The van der Waals surface area contributed by atoms with Crippen LogP contribution in [0.25, 0.3) is 11.3 Å². The predicted octanol–water partition coefficient (Wildman–Crippen LogP) is 3.15. The highest BCUT2D eigenvalue weighted by Gasteiger charge is 2.29. The maximum absolute atomic E-state index is 12.7. The molecule has 4 rings (SSSR count). The Balaban J connectivity index is 1.47. The second-order valence-electron chi connectivity index (χ2n) is 6.05. The number of hydrogen-bond acceptors (Lipinski definition) is 4. The third-order valence-corrected chi connectivity index (χ3v) is 4.71. The van der Waals surface area contributed by atoms with E-state index in [1.54, 1.807) is 30.7 Å². The monoisotopic (exact) mass is 353 g/mol. The molecule has 3 aromatic rings. The number of carbonyl (C=O) groups is 1. The minimum atomic E-state index is -0.0303. The van der Waals surface area contributed by atoms with Crippen molar-refractivity contribution < 1.29 is 4.79 Å². The van der Waals surface area contributed by atoms with Gasteiger partial charge in [0.2, 0.25) is 0 Å². The van der Waals surface area contributed by atoms with Gasteiger partial charge in [0.25, 0.3) is 5.91 Å². The van der Waals surface area contributed by atoms with Crippen LogP contribution in [0.5, 0.6) is 0 Å². The number of rotatable bonds is 3. The van der Waals surface area contributed by atoms with Gasteiger partial charge in [-0.2, -0.15) is 5.10 Å². The Kier molecular flexibility index (Phi) is 4.19. The zero-order chi connectivity index (χ0) is 17.2. The van der Waals surface area contributed by atoms with Crippen molar-refractivity contribution in [1.29, 1.82) is 0 Å². The van der Waals surface area contributed by atoms with E-state index in [9.17, 15) is 4.79 Å². The summed E-state index contributed by atoms with van der Waals surface area (Å²) in [4.78, 5) is 22.7. The molecule has 1 aliphatic rings. The molecule has 0 saturated carbocycles. The first kappa shape index (κ1) is 15.8. The highest BCUT2D eigenvalue weighted by molar-refractivity contribution is 6.29. The molecule has 1 aliphatic heterocycles. The molecular formula is C18H16ClN5O. The molecule has 0 spiro atoms. The van der Waals surface area contributed by atoms with Gasteiger partial charge in [0, 0.05) is 43.2 Å². The molecular weight excluding hydrogens is 338 g/mol. The number of aromatic nitrogens is 4. The summed E-state index contributed by atoms with van der Waals surface area (Å²) in [5.74, 6) is 0.258. The smallest absolute Gasteiger partial charge is 0.271 e. The molecule has 0 bridgehead atoms. The highest BCUT2D eigenvalue weighted by atomic mass is 35.5. The van der Waals surface area contributed by atoms with Gasteiger partial charge in [-0.1, -0.05) is 17.7 Å². The van der Waals surface area contributed by atoms with Gasteiger partial charge in [0.15, 0.2) is 0 Å². The molecule has 1 fully saturated rings. The third kappa shape index (κ3) is 3.25. The highest BCUT2D eigenvalue weighted by Crippen LogP contribution is 2.28. The van der Waals surface area contributed by atoms with Crippen molar-refractivity contribution >= 4 is 17.5 Å². The Morgan fingerprint density at radius 1 is 1.24 bits per heavy atom. The average molecular weight is 354 g/mol. The number of nitrogens with one attached hydrogen (secondary N) is 1. The van der Waals surface area contributed by atoms with Crippen molar-refractivity contribution in [1.82, 2.24) is 25.1 Å². The van der Waals surface area contributed by atoms with Crippen LogP contribution >= 0.6 is 11.6 Å². The lowest BCUT2D eigenvalue weighted by molar-refractivity contribution is 0.0785. The van der Waals surface area contributed by atoms with E-state index in [2.05, 4.69) is 20.2 Å². The summed E-state index contributed by atoms with van der Waals surface area (Å²) in [6.07, 6.45) is 6.12. The molecule has 0 unspecified atom stereocenters. The van der Waals surface area contributed by atoms with Crippen LogP contribution < -0.4 is 0 Å². The zero-order valence-electron chi connectivity index (χ0n) is 13.4. The van der Waals surface area contributed by atoms with Crippen LogP contribution in [0.4, 0.5) is 0 Å². The van der Waals surface area contributed by atoms with Crippen molar-refractivity contribution in [2.24, 2.45) is 0 Å². The van der Waals surface area contributed by atoms with Crippen LogP contribution in [0, 0.1) is 0 Å². The number of aromatic amines is 1. The molecule has 1 amide bonds. The molecule has 7 heteroatoms. The van der Waals surface area contributed by atoms with E-state index in [0.717, 1.165) is 29.8 Å². The van der Waals surface area contributed by atoms with E-state index in [4.69, 9.17) is 11.6 Å². The van der Waals surface area contributed by atoms with E-state index >= 15 is 0 Å². The molecule has 126 valence electrons. The number of carbonyl (C=O) groups excluding carboxylic acids is 1. The third-order valence-electron chi connectivity index (χ3n) is 4.48. The maximum Gasteiger partial charge on any atom is 0.271 e. The Morgan fingerprint density at radius 2 is 2.08 bits per heavy atom. The second kappa shape index (κ2) is 6.64. The van der Waals surface area contributed by atoms with E-state index in [0.29, 0.717) is 17.4 Å². The average Bonchev–Trinajstić information content (AvgIpc) is 3.33. The maximum atomic E-state index is 12.7. The van der Waals surface area contributed by atoms with Gasteiger partial charge >= 0.3 is 0 Å². The van der Waals surface area contributed by atoms with Gasteiger partial charge in [-0.05, 0) is 36.2 Å². The summed E-state index contributed by atoms with van der Waals surface area (Å²) in [5.41, 5.74) is 3.28. The van der Waals surface area contributed by atoms with Crippen molar-refractivity contribution in [2.75, 3.05) is 13.1 Å². The summed E-state index contributed by atoms with van der Waals surface area (Å²) in [6, 6.07) is 9.28. The number of halogens is 1. The summed E-state index contributed by atoms with van der Waals surface area (Å²) in [5, 5.41) is 7.57. The van der Waals surface area contributed by atoms with E-state index < -0.39 is 0 Å². The van der Waals surface area contributed by atoms with Crippen molar-refractivity contribution in [3.63, 3.8) is 0 Å². The fraction of sp³-hybridized carbons (Fsp3) is 0.222. The number of nitrogens with zero attached hydrogens (tertiary/aromatic N) is 4. The largest absolute Gasteiger partial charge is 0.337 e. The van der Waals surface area contributed by atoms with Gasteiger partial charge in [-0.3, -0.25) is 14.9 Å². The van der Waals surface area contributed by atoms with Crippen LogP contribution in [0.3, 0.4) is 0 Å². The van der Waals surface area contributed by atoms with Crippen molar-refractivity contribution in [3.05, 3.63) is 65.3 Å². The van der Waals surface area contributed by atoms with Crippen LogP contribution in [0.15, 0.2) is 48.9 Å². The second-order valence-corrected chi connectivity index (χ2v) is 6.44. The molecule has 1 N–H and O–H groups in total. The van der Waals surface area contributed by atoms with E-state index in [1.165, 1.54) is 0 Å². The number of hydrogen-bond donors (Lipinski definition) is 1. The van der Waals surface area contributed by atoms with Gasteiger partial charge in [-0.15, -0.1) is 0 Å². The lowest BCUT2D eigenvalue weighted by atomic mass is 10.0. The zero-order valence-corrected chi connectivity index (χ0v) is 14.1. The van der Waals surface area contributed by atoms with E-state index in [1.807, 2.05) is 23.1 Å². The molecule has 0 radical (unpaired) electrons. The van der Waals surface area contributed by atoms with Crippen molar-refractivity contribution in [2.45, 2.75) is 12.3 Å². The molecule has 0 aromatic carbocycles. The fourth-order valence-corrected chi connectivity index (χ4v) is 3.23. The first-order chi connectivity index (χ1) is 12.2. The Hall–Kier alpha value is -2.73. The molecule has 1 saturated heterocycles. The lowest BCUT2D eigenvalue weighted by Gasteiger charge is -2.15. The summed E-state index contributed by atoms with van der Waals surface area (Å²) >= 11 is 5.84. The predicted molar refractivity (Wildman–Crippen MR) is 94.3 cm³/mol. The van der Waals surface area contributed by atoms with Crippen LogP contribution in [-0.2, 0) is 0 Å². The Bertz CT molecular complexity index is 878. The Morgan fingerprint density at radius 3 is 2.84 bits per heavy atom. The molecule has 4 heterocycles. The minimum absolute atomic E-state index is 0.0303. The lowest BCUT2D eigenvalue weighted by Crippen LogP contribution is -2.28. The SMILES string of the molecule is O=C(c1cc(-c2ccncc2)n[nH]1)N1CC[C@H](c2ccc(Cl)nc2)C1. The Labute approximate surface area is 149 Å². The first-order valence-electron chi connectivity index (χ1n) is 8.07. The topological polar surface area (TPSA) is 74.8 Å². The quantitative estimate of drug-likeness (QED) is 0.734. The number of likely N-dealkylation sites (tertiary alicyclic amines) is 1. The summed E-state index contributed by atoms with van der Waals surface area (Å²) in [7, 11) is 0. The molecule has 6 nitrogen and oxygen atoms in total. The fourth-order valence-electron chi connectivity index (χ4n) is 3.12. The molecule has 25 heavy (non-hydrogen) atoms. The minimum Gasteiger partial charge on any atom is -0.337 e. The number of H-pyrrole nitrogens is 1. The standard InChI is InChI=1S/C18H16ClN5O/c19-17-2-1-13(10-21-17)14-5-8-24(11-14)18(25)16-9-15(22-23-16)12-3-6-20-7-4-12/h1-4,6-7,9-10,14H,5,8,11H2,(H,22,23)/t14-/m0/s1. The normalized spacial score (nSPS) is 17.0. The molecule has 3 aromatic heterocycles. The van der Waals surface area contributed by atoms with Crippen LogP contribution in [-0.4, -0.2) is 44.1 Å².